The molecule has 6 aromatic rings. The van der Waals surface area contributed by atoms with E-state index in [9.17, 15) is 4.79 Å². The Morgan fingerprint density at radius 2 is 1.17 bits per heavy atom. The van der Waals surface area contributed by atoms with Crippen molar-refractivity contribution in [2.75, 3.05) is 32.8 Å². The lowest BCUT2D eigenvalue weighted by atomic mass is 9.89. The Hall–Kier alpha value is -3.63. The first-order chi connectivity index (χ1) is 30.7. The van der Waals surface area contributed by atoms with E-state index in [-0.39, 0.29) is 5.91 Å². The minimum Gasteiger partial charge on any atom is -0.492 e. The van der Waals surface area contributed by atoms with Crippen molar-refractivity contribution >= 4 is 85.0 Å². The number of rotatable bonds is 25. The molecule has 2 aliphatic heterocycles. The number of carbonyl (C=O) groups excluding carboxylic acids is 1. The van der Waals surface area contributed by atoms with Crippen LogP contribution in [-0.4, -0.2) is 48.6 Å². The summed E-state index contributed by atoms with van der Waals surface area (Å²) < 4.78 is 21.1. The minimum atomic E-state index is 0.0766. The Labute approximate surface area is 392 Å². The van der Waals surface area contributed by atoms with Crippen LogP contribution in [0, 0.1) is 18.8 Å². The fourth-order valence-electron chi connectivity index (χ4n) is 9.64. The Bertz CT molecular complexity index is 2510. The smallest absolute Gasteiger partial charge is 0.256 e. The minimum absolute atomic E-state index is 0.0766. The Morgan fingerprint density at radius 1 is 0.619 bits per heavy atom. The lowest BCUT2D eigenvalue weighted by molar-refractivity contribution is -0.124. The number of unbranched alkanes of at least 4 members (excludes halogenated alkanes) is 8. The van der Waals surface area contributed by atoms with Gasteiger partial charge >= 0.3 is 0 Å². The van der Waals surface area contributed by atoms with E-state index in [2.05, 4.69) is 100 Å². The third kappa shape index (κ3) is 10.9. The highest BCUT2D eigenvalue weighted by molar-refractivity contribution is 7.44. The van der Waals surface area contributed by atoms with Gasteiger partial charge in [0.2, 0.25) is 0 Å². The summed E-state index contributed by atoms with van der Waals surface area (Å²) in [5, 5.41) is 0. The summed E-state index contributed by atoms with van der Waals surface area (Å²) in [4.78, 5) is 21.2. The summed E-state index contributed by atoms with van der Waals surface area (Å²) in [5.74, 6) is 3.21. The first kappa shape index (κ1) is 45.9. The molecule has 0 spiro atoms. The van der Waals surface area contributed by atoms with Crippen LogP contribution in [0.25, 0.3) is 33.8 Å². The highest BCUT2D eigenvalue weighted by Gasteiger charge is 2.42. The normalized spacial score (nSPS) is 14.9. The third-order valence-corrected chi connectivity index (χ3v) is 18.1. The second kappa shape index (κ2) is 21.6. The van der Waals surface area contributed by atoms with Crippen molar-refractivity contribution in [3.05, 3.63) is 98.5 Å². The van der Waals surface area contributed by atoms with Crippen LogP contribution in [0.4, 0.5) is 0 Å². The molecule has 1 amide bonds. The first-order valence-electron chi connectivity index (χ1n) is 24.0. The molecule has 6 heterocycles. The second-order valence-electron chi connectivity index (χ2n) is 18.5. The Balaban J connectivity index is 0.955. The summed E-state index contributed by atoms with van der Waals surface area (Å²) in [6, 6.07) is 22.1. The van der Waals surface area contributed by atoms with Gasteiger partial charge in [-0.25, -0.2) is 0 Å². The Morgan fingerprint density at radius 3 is 1.81 bits per heavy atom. The molecule has 5 nitrogen and oxygen atoms in total. The molecule has 0 saturated heterocycles. The SMILES string of the molecule is CCCCCCCCC(CCCCCC)Cc1ccc(OCCN2C(=O)C(C)=C3C2=C(c2cc4sc5c6sc(C)cc6sc5c4s2)CN3CCOc2ccc(CC(C)C)cc2)cc1. The van der Waals surface area contributed by atoms with Crippen molar-refractivity contribution in [2.45, 2.75) is 131 Å². The summed E-state index contributed by atoms with van der Waals surface area (Å²) in [7, 11) is 0. The van der Waals surface area contributed by atoms with Crippen LogP contribution in [0.2, 0.25) is 0 Å². The lowest BCUT2D eigenvalue weighted by Gasteiger charge is -2.22. The van der Waals surface area contributed by atoms with Crippen molar-refractivity contribution < 1.29 is 14.3 Å². The van der Waals surface area contributed by atoms with Crippen molar-refractivity contribution in [1.82, 2.24) is 9.80 Å². The highest BCUT2D eigenvalue weighted by atomic mass is 32.1. The molecule has 0 N–H and O–H groups in total. The number of ether oxygens (including phenoxy) is 2. The summed E-state index contributed by atoms with van der Waals surface area (Å²) in [6.07, 6.45) is 18.4. The monoisotopic (exact) mass is 920 g/mol. The van der Waals surface area contributed by atoms with Crippen LogP contribution < -0.4 is 9.47 Å². The number of nitrogens with zero attached hydrogens (tertiary/aromatic N) is 2. The number of thiophene rings is 4. The molecule has 9 heteroatoms. The van der Waals surface area contributed by atoms with E-state index in [1.54, 1.807) is 0 Å². The van der Waals surface area contributed by atoms with E-state index >= 15 is 0 Å². The van der Waals surface area contributed by atoms with E-state index in [4.69, 9.17) is 9.47 Å². The van der Waals surface area contributed by atoms with Gasteiger partial charge in [0.25, 0.3) is 5.91 Å². The van der Waals surface area contributed by atoms with Crippen molar-refractivity contribution in [3.8, 4) is 11.5 Å². The first-order valence-corrected chi connectivity index (χ1v) is 27.3. The van der Waals surface area contributed by atoms with Gasteiger partial charge in [-0.15, -0.1) is 45.3 Å². The predicted octanol–water partition coefficient (Wildman–Crippen LogP) is 16.1. The van der Waals surface area contributed by atoms with E-state index in [0.717, 1.165) is 53.8 Å². The molecule has 0 aliphatic carbocycles. The number of aryl methyl sites for hydroxylation is 1. The van der Waals surface area contributed by atoms with Gasteiger partial charge in [0, 0.05) is 36.8 Å². The molecule has 0 radical (unpaired) electrons. The van der Waals surface area contributed by atoms with Crippen LogP contribution in [0.15, 0.2) is 77.6 Å². The Kier molecular flexibility index (Phi) is 15.7. The topological polar surface area (TPSA) is 42.0 Å². The van der Waals surface area contributed by atoms with E-state index in [1.165, 1.54) is 132 Å². The van der Waals surface area contributed by atoms with Gasteiger partial charge in [-0.05, 0) is 86.1 Å². The summed E-state index contributed by atoms with van der Waals surface area (Å²) in [5.41, 5.74) is 6.89. The zero-order chi connectivity index (χ0) is 43.9. The summed E-state index contributed by atoms with van der Waals surface area (Å²) >= 11 is 7.66. The zero-order valence-electron chi connectivity index (χ0n) is 38.6. The molecule has 336 valence electrons. The third-order valence-electron chi connectivity index (χ3n) is 12.9. The lowest BCUT2D eigenvalue weighted by Crippen LogP contribution is -2.30. The summed E-state index contributed by atoms with van der Waals surface area (Å²) in [6.45, 7) is 16.2. The van der Waals surface area contributed by atoms with E-state index < -0.39 is 0 Å². The maximum Gasteiger partial charge on any atom is 0.256 e. The molecule has 8 rings (SSSR count). The molecule has 0 saturated carbocycles. The number of carbonyl (C=O) groups is 1. The van der Waals surface area contributed by atoms with Gasteiger partial charge in [-0.3, -0.25) is 4.79 Å². The quantitative estimate of drug-likeness (QED) is 0.0537. The predicted molar refractivity (Wildman–Crippen MR) is 274 cm³/mol. The number of hydrogen-bond donors (Lipinski definition) is 0. The molecule has 1 atom stereocenters. The van der Waals surface area contributed by atoms with Crippen LogP contribution in [0.3, 0.4) is 0 Å². The van der Waals surface area contributed by atoms with Gasteiger partial charge < -0.3 is 19.3 Å². The van der Waals surface area contributed by atoms with Gasteiger partial charge in [0.15, 0.2) is 0 Å². The van der Waals surface area contributed by atoms with Gasteiger partial charge in [-0.2, -0.15) is 0 Å². The molecule has 1 unspecified atom stereocenters. The number of hydrogen-bond acceptors (Lipinski definition) is 8. The average molecular weight is 921 g/mol. The van der Waals surface area contributed by atoms with Gasteiger partial charge in [-0.1, -0.05) is 129 Å². The number of benzene rings is 2. The second-order valence-corrected chi connectivity index (χ2v) is 22.9. The molecule has 0 fully saturated rings. The standard InChI is InChI=1S/C54H68N2O3S4/c1-7-9-11-13-14-16-18-39(17-15-12-10-8-2)33-41-21-25-43(26-22-41)59-30-28-56-49-44(45-34-47-51(61-45)53-52(63-47)50-46(62-53)32-37(5)60-50)35-55(48(49)38(6)54(56)57)27-29-58-42-23-19-40(20-24-42)31-36(3)4/h19-26,32,34,36,39H,7-18,27-31,33,35H2,1-6H3. The van der Waals surface area contributed by atoms with Crippen LogP contribution in [0.5, 0.6) is 11.5 Å². The van der Waals surface area contributed by atoms with E-state index in [1.807, 2.05) is 57.2 Å². The largest absolute Gasteiger partial charge is 0.492 e. The van der Waals surface area contributed by atoms with Crippen molar-refractivity contribution in [2.24, 2.45) is 11.8 Å². The van der Waals surface area contributed by atoms with Gasteiger partial charge in [0.05, 0.1) is 43.3 Å². The van der Waals surface area contributed by atoms with Crippen LogP contribution in [0.1, 0.15) is 133 Å². The molecular weight excluding hydrogens is 853 g/mol. The number of amides is 1. The van der Waals surface area contributed by atoms with Crippen molar-refractivity contribution in [1.29, 1.82) is 0 Å². The molecule has 2 aliphatic rings. The van der Waals surface area contributed by atoms with Crippen LogP contribution in [-0.2, 0) is 17.6 Å². The fraction of sp³-hybridized carbons (Fsp3) is 0.500. The highest BCUT2D eigenvalue weighted by Crippen LogP contribution is 2.52. The maximum atomic E-state index is 14.2. The number of fused-ring (bicyclic) bond motifs is 6. The molecular formula is C54H68N2O3S4. The maximum absolute atomic E-state index is 14.2. The van der Waals surface area contributed by atoms with Crippen molar-refractivity contribution in [3.63, 3.8) is 0 Å². The molecule has 63 heavy (non-hydrogen) atoms. The average Bonchev–Trinajstić information content (AvgIpc) is 4.11. The van der Waals surface area contributed by atoms with E-state index in [0.29, 0.717) is 32.2 Å². The molecule has 4 aromatic heterocycles. The molecule has 0 bridgehead atoms. The fourth-order valence-corrected chi connectivity index (χ4v) is 15.2. The van der Waals surface area contributed by atoms with Gasteiger partial charge in [0.1, 0.15) is 24.7 Å². The zero-order valence-corrected chi connectivity index (χ0v) is 41.9. The molecule has 2 aromatic carbocycles. The van der Waals surface area contributed by atoms with Crippen LogP contribution >= 0.6 is 45.3 Å².